The summed E-state index contributed by atoms with van der Waals surface area (Å²) in [6.45, 7) is 0. The zero-order chi connectivity index (χ0) is 5.98. The predicted octanol–water partition coefficient (Wildman–Crippen LogP) is -0.342. The summed E-state index contributed by atoms with van der Waals surface area (Å²) in [5.74, 6) is 0. The number of hydrogen-bond acceptors (Lipinski definition) is 4. The lowest BCUT2D eigenvalue weighted by Gasteiger charge is -1.92. The Labute approximate surface area is 45.4 Å². The van der Waals surface area contributed by atoms with E-state index in [1.807, 2.05) is 0 Å². The van der Waals surface area contributed by atoms with Crippen LogP contribution in [-0.4, -0.2) is 15.4 Å². The average Bonchev–Trinajstić information content (AvgIpc) is 2.12. The van der Waals surface area contributed by atoms with Crippen LogP contribution in [0.3, 0.4) is 0 Å². The molecule has 4 heteroatoms. The van der Waals surface area contributed by atoms with Gasteiger partial charge in [0.2, 0.25) is 0 Å². The molecule has 4 nitrogen and oxygen atoms in total. The van der Waals surface area contributed by atoms with Crippen LogP contribution in [0.1, 0.15) is 11.9 Å². The molecule has 1 aromatic heterocycles. The molecule has 44 valence electrons. The van der Waals surface area contributed by atoms with E-state index in [1.54, 1.807) is 0 Å². The zero-order valence-electron chi connectivity index (χ0n) is 3.98. The molecule has 1 rings (SSSR count). The summed E-state index contributed by atoms with van der Waals surface area (Å²) in [5, 5.41) is 20.0. The topological polar surface area (TPSA) is 66.5 Å². The third-order valence-corrected chi connectivity index (χ3v) is 0.750. The molecule has 0 aromatic carbocycles. The van der Waals surface area contributed by atoms with Crippen molar-refractivity contribution in [1.29, 1.82) is 0 Å². The Kier molecular flexibility index (Phi) is 1.27. The van der Waals surface area contributed by atoms with Gasteiger partial charge in [-0.25, -0.2) is 0 Å². The number of rotatable bonds is 1. The summed E-state index contributed by atoms with van der Waals surface area (Å²) in [4.78, 5) is 0. The quantitative estimate of drug-likeness (QED) is 0.491. The Hall–Kier alpha value is -0.870. The van der Waals surface area contributed by atoms with Crippen molar-refractivity contribution in [3.63, 3.8) is 0 Å². The predicted molar refractivity (Wildman–Crippen MR) is 23.7 cm³/mol. The lowest BCUT2D eigenvalue weighted by atomic mass is 10.4. The zero-order valence-corrected chi connectivity index (χ0v) is 3.98. The van der Waals surface area contributed by atoms with Gasteiger partial charge < -0.3 is 14.7 Å². The summed E-state index contributed by atoms with van der Waals surface area (Å²) in [6.07, 6.45) is 0.941. The van der Waals surface area contributed by atoms with Crippen LogP contribution in [0.4, 0.5) is 0 Å². The van der Waals surface area contributed by atoms with Gasteiger partial charge in [-0.3, -0.25) is 0 Å². The fourth-order valence-corrected chi connectivity index (χ4v) is 0.341. The van der Waals surface area contributed by atoms with Crippen molar-refractivity contribution in [3.05, 3.63) is 18.0 Å². The van der Waals surface area contributed by atoms with E-state index in [0.717, 1.165) is 0 Å². The van der Waals surface area contributed by atoms with Crippen molar-refractivity contribution in [3.8, 4) is 0 Å². The SMILES string of the molecule is OC(O)c1cnoc1. The standard InChI is InChI=1S/C4H5NO3/c6-4(7)3-1-5-8-2-3/h1-2,4,6-7H. The van der Waals surface area contributed by atoms with Crippen LogP contribution < -0.4 is 0 Å². The second kappa shape index (κ2) is 1.94. The van der Waals surface area contributed by atoms with Crippen molar-refractivity contribution in [1.82, 2.24) is 5.16 Å². The number of hydrogen-bond donors (Lipinski definition) is 2. The highest BCUT2D eigenvalue weighted by Gasteiger charge is 2.01. The molecular weight excluding hydrogens is 110 g/mol. The number of aliphatic hydroxyl groups is 2. The van der Waals surface area contributed by atoms with Crippen LogP contribution in [0.15, 0.2) is 17.0 Å². The van der Waals surface area contributed by atoms with Crippen LogP contribution in [0.2, 0.25) is 0 Å². The molecule has 0 spiro atoms. The van der Waals surface area contributed by atoms with Gasteiger partial charge in [-0.1, -0.05) is 5.16 Å². The van der Waals surface area contributed by atoms with Gasteiger partial charge in [-0.05, 0) is 0 Å². The lowest BCUT2D eigenvalue weighted by molar-refractivity contribution is -0.0428. The summed E-state index contributed by atoms with van der Waals surface area (Å²) in [7, 11) is 0. The maximum Gasteiger partial charge on any atom is 0.183 e. The second-order valence-electron chi connectivity index (χ2n) is 1.33. The van der Waals surface area contributed by atoms with Crippen LogP contribution in [-0.2, 0) is 0 Å². The Morgan fingerprint density at radius 2 is 2.38 bits per heavy atom. The highest BCUT2D eigenvalue weighted by atomic mass is 16.5. The van der Waals surface area contributed by atoms with Crippen molar-refractivity contribution in [2.75, 3.05) is 0 Å². The molecule has 0 aliphatic rings. The Bertz CT molecular complexity index is 146. The Morgan fingerprint density at radius 3 is 2.62 bits per heavy atom. The third kappa shape index (κ3) is 0.853. The van der Waals surface area contributed by atoms with Gasteiger partial charge in [0.1, 0.15) is 6.26 Å². The lowest BCUT2D eigenvalue weighted by Crippen LogP contribution is -1.90. The van der Waals surface area contributed by atoms with Crippen molar-refractivity contribution in [2.45, 2.75) is 6.29 Å². The molecule has 0 saturated heterocycles. The van der Waals surface area contributed by atoms with Gasteiger partial charge in [-0.15, -0.1) is 0 Å². The molecule has 0 amide bonds. The van der Waals surface area contributed by atoms with Crippen LogP contribution in [0.5, 0.6) is 0 Å². The van der Waals surface area contributed by atoms with E-state index in [0.29, 0.717) is 0 Å². The van der Waals surface area contributed by atoms with E-state index >= 15 is 0 Å². The number of aromatic nitrogens is 1. The first kappa shape index (κ1) is 5.27. The first-order valence-corrected chi connectivity index (χ1v) is 2.06. The molecule has 1 heterocycles. The van der Waals surface area contributed by atoms with E-state index in [-0.39, 0.29) is 5.56 Å². The molecule has 0 bridgehead atoms. The van der Waals surface area contributed by atoms with E-state index in [9.17, 15) is 0 Å². The average molecular weight is 115 g/mol. The van der Waals surface area contributed by atoms with Crippen molar-refractivity contribution >= 4 is 0 Å². The second-order valence-corrected chi connectivity index (χ2v) is 1.33. The minimum absolute atomic E-state index is 0.269. The molecule has 0 unspecified atom stereocenters. The van der Waals surface area contributed by atoms with Gasteiger partial charge in [0.25, 0.3) is 0 Å². The fourth-order valence-electron chi connectivity index (χ4n) is 0.341. The third-order valence-electron chi connectivity index (χ3n) is 0.750. The maximum atomic E-state index is 8.37. The van der Waals surface area contributed by atoms with Crippen LogP contribution in [0.25, 0.3) is 0 Å². The van der Waals surface area contributed by atoms with Gasteiger partial charge >= 0.3 is 0 Å². The molecule has 0 fully saturated rings. The normalized spacial score (nSPS) is 10.4. The largest absolute Gasteiger partial charge is 0.364 e. The molecule has 0 atom stereocenters. The summed E-state index contributed by atoms with van der Waals surface area (Å²) in [6, 6.07) is 0. The number of aliphatic hydroxyl groups excluding tert-OH is 1. The molecule has 1 aromatic rings. The van der Waals surface area contributed by atoms with Gasteiger partial charge in [0.15, 0.2) is 6.29 Å². The Balaban J connectivity index is 2.77. The number of nitrogens with zero attached hydrogens (tertiary/aromatic N) is 1. The molecule has 8 heavy (non-hydrogen) atoms. The van der Waals surface area contributed by atoms with E-state index in [2.05, 4.69) is 9.68 Å². The summed E-state index contributed by atoms with van der Waals surface area (Å²) in [5.41, 5.74) is 0.269. The fraction of sp³-hybridized carbons (Fsp3) is 0.250. The monoisotopic (exact) mass is 115 g/mol. The Morgan fingerprint density at radius 1 is 1.62 bits per heavy atom. The van der Waals surface area contributed by atoms with Crippen molar-refractivity contribution in [2.24, 2.45) is 0 Å². The molecule has 0 saturated carbocycles. The van der Waals surface area contributed by atoms with E-state index in [1.165, 1.54) is 12.5 Å². The van der Waals surface area contributed by atoms with Gasteiger partial charge in [0, 0.05) is 0 Å². The van der Waals surface area contributed by atoms with Crippen LogP contribution in [0, 0.1) is 0 Å². The van der Waals surface area contributed by atoms with Crippen molar-refractivity contribution < 1.29 is 14.7 Å². The first-order valence-electron chi connectivity index (χ1n) is 2.06. The van der Waals surface area contributed by atoms with E-state index in [4.69, 9.17) is 10.2 Å². The minimum Gasteiger partial charge on any atom is -0.364 e. The highest BCUT2D eigenvalue weighted by Crippen LogP contribution is 2.05. The molecule has 2 N–H and O–H groups in total. The highest BCUT2D eigenvalue weighted by molar-refractivity contribution is 5.00. The van der Waals surface area contributed by atoms with E-state index < -0.39 is 6.29 Å². The molecule has 0 aliphatic heterocycles. The summed E-state index contributed by atoms with van der Waals surface area (Å²) < 4.78 is 4.31. The smallest absolute Gasteiger partial charge is 0.183 e. The molecule has 0 radical (unpaired) electrons. The maximum absolute atomic E-state index is 8.37. The minimum atomic E-state index is -1.47. The summed E-state index contributed by atoms with van der Waals surface area (Å²) >= 11 is 0. The van der Waals surface area contributed by atoms with Gasteiger partial charge in [-0.2, -0.15) is 0 Å². The molecule has 0 aliphatic carbocycles. The van der Waals surface area contributed by atoms with Crippen LogP contribution >= 0.6 is 0 Å². The first-order chi connectivity index (χ1) is 3.80. The van der Waals surface area contributed by atoms with Gasteiger partial charge in [0.05, 0.1) is 11.8 Å². The molecular formula is C4H5NO3.